The summed E-state index contributed by atoms with van der Waals surface area (Å²) in [6.07, 6.45) is 4.75. The molecule has 3 rings (SSSR count). The molecule has 4 heteroatoms. The van der Waals surface area contributed by atoms with Gasteiger partial charge in [-0.1, -0.05) is 24.3 Å². The van der Waals surface area contributed by atoms with E-state index >= 15 is 0 Å². The summed E-state index contributed by atoms with van der Waals surface area (Å²) < 4.78 is 2.08. The van der Waals surface area contributed by atoms with Crippen LogP contribution < -0.4 is 5.32 Å². The summed E-state index contributed by atoms with van der Waals surface area (Å²) in [6, 6.07) is 8.96. The maximum Gasteiger partial charge on any atom is 0.112 e. The van der Waals surface area contributed by atoms with Crippen LogP contribution in [0.4, 0.5) is 0 Å². The maximum atomic E-state index is 4.37. The maximum absolute atomic E-state index is 4.37. The predicted octanol–water partition coefficient (Wildman–Crippen LogP) is 1.42. The Bertz CT molecular complexity index is 538. The van der Waals surface area contributed by atoms with Gasteiger partial charge in [-0.05, 0) is 11.1 Å². The number of piperazine rings is 1. The molecule has 2 heterocycles. The number of nitrogens with one attached hydrogen (secondary N) is 1. The Morgan fingerprint density at radius 1 is 1.10 bits per heavy atom. The highest BCUT2D eigenvalue weighted by Crippen LogP contribution is 2.11. The van der Waals surface area contributed by atoms with Crippen LogP contribution in [0.1, 0.15) is 17.0 Å². The monoisotopic (exact) mass is 270 g/mol. The molecule has 0 unspecified atom stereocenters. The van der Waals surface area contributed by atoms with Crippen LogP contribution >= 0.6 is 0 Å². The average molecular weight is 270 g/mol. The quantitative estimate of drug-likeness (QED) is 0.912. The van der Waals surface area contributed by atoms with Crippen LogP contribution in [0.2, 0.25) is 0 Å². The first-order valence-electron chi connectivity index (χ1n) is 7.28. The number of aryl methyl sites for hydroxylation is 1. The van der Waals surface area contributed by atoms with E-state index in [0.717, 1.165) is 45.0 Å². The van der Waals surface area contributed by atoms with Crippen LogP contribution in [-0.4, -0.2) is 40.6 Å². The van der Waals surface area contributed by atoms with E-state index in [1.165, 1.54) is 11.1 Å². The van der Waals surface area contributed by atoms with Crippen molar-refractivity contribution in [3.63, 3.8) is 0 Å². The van der Waals surface area contributed by atoms with Gasteiger partial charge in [0.1, 0.15) is 5.82 Å². The van der Waals surface area contributed by atoms with Gasteiger partial charge in [-0.25, -0.2) is 4.98 Å². The summed E-state index contributed by atoms with van der Waals surface area (Å²) in [4.78, 5) is 6.88. The van der Waals surface area contributed by atoms with Gasteiger partial charge in [0.05, 0.1) is 0 Å². The zero-order valence-corrected chi connectivity index (χ0v) is 12.0. The van der Waals surface area contributed by atoms with Gasteiger partial charge in [0, 0.05) is 58.6 Å². The molecule has 2 aromatic rings. The minimum atomic E-state index is 0.900. The number of rotatable bonds is 4. The molecule has 1 N–H and O–H groups in total. The molecule has 0 bridgehead atoms. The van der Waals surface area contributed by atoms with Crippen LogP contribution in [0.15, 0.2) is 36.7 Å². The van der Waals surface area contributed by atoms with Gasteiger partial charge in [-0.2, -0.15) is 0 Å². The molecule has 0 atom stereocenters. The number of imidazole rings is 1. The minimum absolute atomic E-state index is 0.900. The molecule has 1 aliphatic heterocycles. The second-order valence-electron chi connectivity index (χ2n) is 5.47. The van der Waals surface area contributed by atoms with Gasteiger partial charge in [0.2, 0.25) is 0 Å². The SMILES string of the molecule is Cn1ccnc1Cc1ccc(CN2CCNCC2)cc1. The molecule has 1 aliphatic rings. The number of benzene rings is 1. The lowest BCUT2D eigenvalue weighted by Gasteiger charge is -2.27. The third kappa shape index (κ3) is 3.26. The van der Waals surface area contributed by atoms with Gasteiger partial charge >= 0.3 is 0 Å². The minimum Gasteiger partial charge on any atom is -0.338 e. The zero-order valence-electron chi connectivity index (χ0n) is 12.0. The number of aromatic nitrogens is 2. The first kappa shape index (κ1) is 13.3. The highest BCUT2D eigenvalue weighted by Gasteiger charge is 2.09. The summed E-state index contributed by atoms with van der Waals surface area (Å²) in [5.41, 5.74) is 2.72. The van der Waals surface area contributed by atoms with E-state index in [2.05, 4.69) is 44.0 Å². The molecule has 1 aromatic carbocycles. The lowest BCUT2D eigenvalue weighted by molar-refractivity contribution is 0.233. The molecule has 1 aromatic heterocycles. The Morgan fingerprint density at radius 2 is 1.80 bits per heavy atom. The Labute approximate surface area is 120 Å². The third-order valence-electron chi connectivity index (χ3n) is 3.92. The second-order valence-corrected chi connectivity index (χ2v) is 5.47. The smallest absolute Gasteiger partial charge is 0.112 e. The van der Waals surface area contributed by atoms with Crippen molar-refractivity contribution in [2.75, 3.05) is 26.2 Å². The van der Waals surface area contributed by atoms with Gasteiger partial charge in [-0.3, -0.25) is 4.90 Å². The van der Waals surface area contributed by atoms with Crippen molar-refractivity contribution in [3.05, 3.63) is 53.6 Å². The van der Waals surface area contributed by atoms with E-state index in [9.17, 15) is 0 Å². The lowest BCUT2D eigenvalue weighted by atomic mass is 10.1. The highest BCUT2D eigenvalue weighted by molar-refractivity contribution is 5.25. The topological polar surface area (TPSA) is 33.1 Å². The molecule has 1 saturated heterocycles. The van der Waals surface area contributed by atoms with E-state index in [1.54, 1.807) is 0 Å². The van der Waals surface area contributed by atoms with Crippen LogP contribution in [0.5, 0.6) is 0 Å². The van der Waals surface area contributed by atoms with Gasteiger partial charge in [0.15, 0.2) is 0 Å². The Balaban J connectivity index is 1.61. The average Bonchev–Trinajstić information content (AvgIpc) is 2.88. The highest BCUT2D eigenvalue weighted by atomic mass is 15.2. The zero-order chi connectivity index (χ0) is 13.8. The van der Waals surface area contributed by atoms with Crippen molar-refractivity contribution in [2.24, 2.45) is 7.05 Å². The molecule has 0 saturated carbocycles. The van der Waals surface area contributed by atoms with Crippen LogP contribution in [0, 0.1) is 0 Å². The summed E-state index contributed by atoms with van der Waals surface area (Å²) in [5, 5.41) is 3.39. The Kier molecular flexibility index (Phi) is 4.14. The van der Waals surface area contributed by atoms with E-state index in [0.29, 0.717) is 0 Å². The molecule has 0 radical (unpaired) electrons. The Hall–Kier alpha value is -1.65. The van der Waals surface area contributed by atoms with Gasteiger partial charge < -0.3 is 9.88 Å². The summed E-state index contributed by atoms with van der Waals surface area (Å²) >= 11 is 0. The molecule has 0 aliphatic carbocycles. The predicted molar refractivity (Wildman–Crippen MR) is 80.6 cm³/mol. The van der Waals surface area contributed by atoms with Crippen LogP contribution in [0.25, 0.3) is 0 Å². The van der Waals surface area contributed by atoms with Crippen LogP contribution in [-0.2, 0) is 20.0 Å². The molecule has 4 nitrogen and oxygen atoms in total. The Morgan fingerprint density at radius 3 is 2.45 bits per heavy atom. The van der Waals surface area contributed by atoms with E-state index in [4.69, 9.17) is 0 Å². The van der Waals surface area contributed by atoms with Gasteiger partial charge in [0.25, 0.3) is 0 Å². The fourth-order valence-electron chi connectivity index (χ4n) is 2.64. The normalized spacial score (nSPS) is 16.4. The second kappa shape index (κ2) is 6.20. The first-order chi connectivity index (χ1) is 9.81. The standard InChI is InChI=1S/C16H22N4/c1-19-9-8-18-16(19)12-14-2-4-15(5-3-14)13-20-10-6-17-7-11-20/h2-5,8-9,17H,6-7,10-13H2,1H3. The third-order valence-corrected chi connectivity index (χ3v) is 3.92. The number of hydrogen-bond acceptors (Lipinski definition) is 3. The van der Waals surface area contributed by atoms with Crippen molar-refractivity contribution in [1.29, 1.82) is 0 Å². The summed E-state index contributed by atoms with van der Waals surface area (Å²) in [5.74, 6) is 1.11. The first-order valence-corrected chi connectivity index (χ1v) is 7.28. The fraction of sp³-hybridized carbons (Fsp3) is 0.438. The largest absolute Gasteiger partial charge is 0.338 e. The summed E-state index contributed by atoms with van der Waals surface area (Å²) in [6.45, 7) is 5.57. The molecule has 0 amide bonds. The van der Waals surface area contributed by atoms with Crippen molar-refractivity contribution in [2.45, 2.75) is 13.0 Å². The van der Waals surface area contributed by atoms with E-state index in [-0.39, 0.29) is 0 Å². The number of hydrogen-bond donors (Lipinski definition) is 1. The molecule has 1 fully saturated rings. The van der Waals surface area contributed by atoms with Crippen molar-refractivity contribution in [1.82, 2.24) is 19.8 Å². The van der Waals surface area contributed by atoms with Crippen molar-refractivity contribution in [3.8, 4) is 0 Å². The van der Waals surface area contributed by atoms with Crippen molar-refractivity contribution < 1.29 is 0 Å². The van der Waals surface area contributed by atoms with Crippen molar-refractivity contribution >= 4 is 0 Å². The number of nitrogens with zero attached hydrogens (tertiary/aromatic N) is 3. The molecule has 0 spiro atoms. The van der Waals surface area contributed by atoms with Gasteiger partial charge in [-0.15, -0.1) is 0 Å². The lowest BCUT2D eigenvalue weighted by Crippen LogP contribution is -2.42. The fourth-order valence-corrected chi connectivity index (χ4v) is 2.64. The molecule has 20 heavy (non-hydrogen) atoms. The van der Waals surface area contributed by atoms with E-state index < -0.39 is 0 Å². The van der Waals surface area contributed by atoms with Crippen LogP contribution in [0.3, 0.4) is 0 Å². The molecular formula is C16H22N4. The summed E-state index contributed by atoms with van der Waals surface area (Å²) in [7, 11) is 2.04. The molecule has 106 valence electrons. The van der Waals surface area contributed by atoms with E-state index in [1.807, 2.05) is 19.4 Å². The molecular weight excluding hydrogens is 248 g/mol.